The number of nitrogens with one attached hydrogen (secondary N) is 2. The number of ether oxygens (including phenoxy) is 1. The number of anilines is 2. The van der Waals surface area contributed by atoms with Crippen LogP contribution in [0, 0.1) is 5.82 Å². The zero-order valence-electron chi connectivity index (χ0n) is 13.2. The quantitative estimate of drug-likeness (QED) is 0.896. The Bertz CT molecular complexity index is 555. The van der Waals surface area contributed by atoms with Crippen LogP contribution in [-0.4, -0.2) is 23.2 Å². The molecule has 1 atom stereocenters. The van der Waals surface area contributed by atoms with Gasteiger partial charge in [-0.3, -0.25) is 4.79 Å². The lowest BCUT2D eigenvalue weighted by Crippen LogP contribution is -2.38. The van der Waals surface area contributed by atoms with Gasteiger partial charge in [0, 0.05) is 12.6 Å². The molecule has 0 bridgehead atoms. The number of amides is 1. The fourth-order valence-corrected chi connectivity index (χ4v) is 2.89. The van der Waals surface area contributed by atoms with E-state index >= 15 is 0 Å². The number of carbonyl (C=O) groups excluding carboxylic acids is 1. The van der Waals surface area contributed by atoms with Crippen LogP contribution in [0.15, 0.2) is 18.2 Å². The molecule has 1 aliphatic heterocycles. The van der Waals surface area contributed by atoms with E-state index in [4.69, 9.17) is 4.74 Å². The number of hydrogen-bond donors (Lipinski definition) is 2. The van der Waals surface area contributed by atoms with E-state index in [-0.39, 0.29) is 29.0 Å². The predicted octanol–water partition coefficient (Wildman–Crippen LogP) is 3.54. The largest absolute Gasteiger partial charge is 0.377 e. The Kier molecular flexibility index (Phi) is 3.97. The van der Waals surface area contributed by atoms with E-state index in [2.05, 4.69) is 10.6 Å². The molecule has 5 heteroatoms. The van der Waals surface area contributed by atoms with Crippen molar-refractivity contribution in [1.82, 2.24) is 0 Å². The minimum Gasteiger partial charge on any atom is -0.377 e. The number of benzene rings is 1. The van der Waals surface area contributed by atoms with Crippen LogP contribution in [0.25, 0.3) is 0 Å². The summed E-state index contributed by atoms with van der Waals surface area (Å²) in [4.78, 5) is 11.1. The molecule has 1 heterocycles. The van der Waals surface area contributed by atoms with Crippen LogP contribution in [-0.2, 0) is 9.53 Å². The maximum absolute atomic E-state index is 14.0. The fourth-order valence-electron chi connectivity index (χ4n) is 2.89. The van der Waals surface area contributed by atoms with Crippen molar-refractivity contribution in [3.63, 3.8) is 0 Å². The Morgan fingerprint density at radius 2 is 2.00 bits per heavy atom. The van der Waals surface area contributed by atoms with Crippen molar-refractivity contribution >= 4 is 17.3 Å². The maximum atomic E-state index is 14.0. The Morgan fingerprint density at radius 1 is 1.33 bits per heavy atom. The van der Waals surface area contributed by atoms with Crippen molar-refractivity contribution in [2.45, 2.75) is 58.3 Å². The van der Waals surface area contributed by atoms with Crippen LogP contribution in [0.1, 0.15) is 41.0 Å². The SMILES string of the molecule is CC(=O)Nc1ccc(F)c(NC2CC(C)(C)OC2(C)C)c1. The normalized spacial score (nSPS) is 22.9. The van der Waals surface area contributed by atoms with Gasteiger partial charge in [-0.05, 0) is 52.3 Å². The molecule has 0 spiro atoms. The predicted molar refractivity (Wildman–Crippen MR) is 82.0 cm³/mol. The van der Waals surface area contributed by atoms with Crippen molar-refractivity contribution in [2.24, 2.45) is 0 Å². The fraction of sp³-hybridized carbons (Fsp3) is 0.562. The number of rotatable bonds is 3. The summed E-state index contributed by atoms with van der Waals surface area (Å²) >= 11 is 0. The van der Waals surface area contributed by atoms with E-state index in [1.807, 2.05) is 27.7 Å². The summed E-state index contributed by atoms with van der Waals surface area (Å²) in [5, 5.41) is 5.87. The third-order valence-corrected chi connectivity index (χ3v) is 3.69. The highest BCUT2D eigenvalue weighted by Gasteiger charge is 2.46. The average molecular weight is 294 g/mol. The molecule has 21 heavy (non-hydrogen) atoms. The summed E-state index contributed by atoms with van der Waals surface area (Å²) in [6.45, 7) is 9.47. The summed E-state index contributed by atoms with van der Waals surface area (Å²) in [6, 6.07) is 4.50. The van der Waals surface area contributed by atoms with Crippen molar-refractivity contribution in [3.8, 4) is 0 Å². The molecular weight excluding hydrogens is 271 g/mol. The van der Waals surface area contributed by atoms with E-state index in [0.717, 1.165) is 6.42 Å². The van der Waals surface area contributed by atoms with E-state index in [9.17, 15) is 9.18 Å². The van der Waals surface area contributed by atoms with E-state index in [1.165, 1.54) is 13.0 Å². The van der Waals surface area contributed by atoms with E-state index in [0.29, 0.717) is 11.4 Å². The topological polar surface area (TPSA) is 50.4 Å². The van der Waals surface area contributed by atoms with Gasteiger partial charge in [0.2, 0.25) is 5.91 Å². The molecule has 116 valence electrons. The molecule has 2 N–H and O–H groups in total. The Balaban J connectivity index is 2.21. The second-order valence-corrected chi connectivity index (χ2v) is 6.74. The first kappa shape index (κ1) is 15.8. The second-order valence-electron chi connectivity index (χ2n) is 6.74. The summed E-state index contributed by atoms with van der Waals surface area (Å²) < 4.78 is 20.0. The first-order chi connectivity index (χ1) is 9.59. The van der Waals surface area contributed by atoms with Gasteiger partial charge in [-0.25, -0.2) is 4.39 Å². The second kappa shape index (κ2) is 5.30. The van der Waals surface area contributed by atoms with Crippen LogP contribution >= 0.6 is 0 Å². The van der Waals surface area contributed by atoms with E-state index < -0.39 is 0 Å². The van der Waals surface area contributed by atoms with Crippen LogP contribution in [0.3, 0.4) is 0 Å². The highest BCUT2D eigenvalue weighted by atomic mass is 19.1. The zero-order valence-corrected chi connectivity index (χ0v) is 13.2. The summed E-state index contributed by atoms with van der Waals surface area (Å²) in [7, 11) is 0. The van der Waals surface area contributed by atoms with Gasteiger partial charge in [-0.15, -0.1) is 0 Å². The maximum Gasteiger partial charge on any atom is 0.221 e. The zero-order chi connectivity index (χ0) is 15.8. The minimum atomic E-state index is -0.389. The molecule has 1 amide bonds. The smallest absolute Gasteiger partial charge is 0.221 e. The highest BCUT2D eigenvalue weighted by molar-refractivity contribution is 5.89. The molecule has 0 aromatic heterocycles. The van der Waals surface area contributed by atoms with Crippen LogP contribution < -0.4 is 10.6 Å². The minimum absolute atomic E-state index is 0.00502. The third kappa shape index (κ3) is 3.73. The van der Waals surface area contributed by atoms with Gasteiger partial charge in [-0.2, -0.15) is 0 Å². The van der Waals surface area contributed by atoms with Crippen LogP contribution in [0.2, 0.25) is 0 Å². The molecule has 0 radical (unpaired) electrons. The lowest BCUT2D eigenvalue weighted by atomic mass is 9.94. The van der Waals surface area contributed by atoms with E-state index in [1.54, 1.807) is 12.1 Å². The van der Waals surface area contributed by atoms with Gasteiger partial charge in [-0.1, -0.05) is 0 Å². The van der Waals surface area contributed by atoms with Crippen molar-refractivity contribution in [3.05, 3.63) is 24.0 Å². The van der Waals surface area contributed by atoms with Gasteiger partial charge >= 0.3 is 0 Å². The standard InChI is InChI=1S/C16H23FN2O2/c1-10(20)18-11-6-7-12(17)13(8-11)19-14-9-15(2,3)21-16(14,4)5/h6-8,14,19H,9H2,1-5H3,(H,18,20). The molecule has 0 saturated carbocycles. The summed E-state index contributed by atoms with van der Waals surface area (Å²) in [5.74, 6) is -0.525. The van der Waals surface area contributed by atoms with Crippen molar-refractivity contribution < 1.29 is 13.9 Å². The molecule has 1 aliphatic rings. The van der Waals surface area contributed by atoms with Gasteiger partial charge in [0.15, 0.2) is 0 Å². The molecular formula is C16H23FN2O2. The molecule has 4 nitrogen and oxygen atoms in total. The lowest BCUT2D eigenvalue weighted by molar-refractivity contribution is -0.114. The van der Waals surface area contributed by atoms with Crippen LogP contribution in [0.4, 0.5) is 15.8 Å². The molecule has 1 aromatic rings. The van der Waals surface area contributed by atoms with Crippen LogP contribution in [0.5, 0.6) is 0 Å². The Labute approximate surface area is 125 Å². The first-order valence-electron chi connectivity index (χ1n) is 7.13. The van der Waals surface area contributed by atoms with Crippen molar-refractivity contribution in [2.75, 3.05) is 10.6 Å². The molecule has 0 aliphatic carbocycles. The molecule has 1 fully saturated rings. The lowest BCUT2D eigenvalue weighted by Gasteiger charge is -2.28. The summed E-state index contributed by atoms with van der Waals surface area (Å²) in [5.41, 5.74) is 0.315. The highest BCUT2D eigenvalue weighted by Crippen LogP contribution is 2.39. The number of carbonyl (C=O) groups is 1. The van der Waals surface area contributed by atoms with Gasteiger partial charge in [0.1, 0.15) is 5.82 Å². The van der Waals surface area contributed by atoms with Gasteiger partial charge in [0.25, 0.3) is 0 Å². The molecule has 1 unspecified atom stereocenters. The third-order valence-electron chi connectivity index (χ3n) is 3.69. The molecule has 1 saturated heterocycles. The Hall–Kier alpha value is -1.62. The van der Waals surface area contributed by atoms with Gasteiger partial charge in [0.05, 0.1) is 22.9 Å². The first-order valence-corrected chi connectivity index (χ1v) is 7.13. The molecule has 2 rings (SSSR count). The molecule has 1 aromatic carbocycles. The Morgan fingerprint density at radius 3 is 2.52 bits per heavy atom. The van der Waals surface area contributed by atoms with Gasteiger partial charge < -0.3 is 15.4 Å². The number of halogens is 1. The number of hydrogen-bond acceptors (Lipinski definition) is 3. The average Bonchev–Trinajstić information content (AvgIpc) is 2.50. The summed E-state index contributed by atoms with van der Waals surface area (Å²) in [6.07, 6.45) is 0.782. The van der Waals surface area contributed by atoms with Crippen molar-refractivity contribution in [1.29, 1.82) is 0 Å². The monoisotopic (exact) mass is 294 g/mol.